The molecular weight excluding hydrogens is 357 g/mol. The minimum absolute atomic E-state index is 0.0975. The number of carbonyl (C=O) groups excluding carboxylic acids is 1. The number of hydrogen-bond acceptors (Lipinski definition) is 4. The monoisotopic (exact) mass is 369 g/mol. The first-order valence-electron chi connectivity index (χ1n) is 4.71. The number of carboxylic acid groups (broad SMARTS) is 1. The summed E-state index contributed by atoms with van der Waals surface area (Å²) in [6, 6.07) is 1.60. The van der Waals surface area contributed by atoms with E-state index in [4.69, 9.17) is 9.84 Å². The van der Waals surface area contributed by atoms with Crippen molar-refractivity contribution in [2.45, 2.75) is 26.4 Å². The number of hydrogen-bond donors (Lipinski definition) is 2. The summed E-state index contributed by atoms with van der Waals surface area (Å²) >= 11 is 3.10. The van der Waals surface area contributed by atoms with Gasteiger partial charge >= 0.3 is 12.1 Å². The highest BCUT2D eigenvalue weighted by Crippen LogP contribution is 2.28. The number of halogens is 1. The summed E-state index contributed by atoms with van der Waals surface area (Å²) in [5.74, 6) is -1.07. The Balaban J connectivity index is 2.81. The fourth-order valence-corrected chi connectivity index (χ4v) is 2.68. The number of thiophene rings is 1. The topological polar surface area (TPSA) is 75.6 Å². The zero-order valence-corrected chi connectivity index (χ0v) is 12.5. The molecule has 0 radical (unpaired) electrons. The van der Waals surface area contributed by atoms with Crippen LogP contribution in [0.4, 0.5) is 10.5 Å². The van der Waals surface area contributed by atoms with Gasteiger partial charge in [-0.15, -0.1) is 11.3 Å². The van der Waals surface area contributed by atoms with Gasteiger partial charge in [0.1, 0.15) is 10.5 Å². The minimum atomic E-state index is -1.07. The van der Waals surface area contributed by atoms with Gasteiger partial charge in [-0.05, 0) is 49.4 Å². The lowest BCUT2D eigenvalue weighted by atomic mass is 10.2. The summed E-state index contributed by atoms with van der Waals surface area (Å²) in [4.78, 5) is 22.5. The maximum atomic E-state index is 11.5. The van der Waals surface area contributed by atoms with Crippen LogP contribution < -0.4 is 5.32 Å². The van der Waals surface area contributed by atoms with Gasteiger partial charge in [-0.1, -0.05) is 0 Å². The first-order valence-corrected chi connectivity index (χ1v) is 6.61. The van der Waals surface area contributed by atoms with E-state index in [-0.39, 0.29) is 10.6 Å². The molecule has 0 atom stereocenters. The Hall–Kier alpha value is -0.830. The van der Waals surface area contributed by atoms with Crippen molar-refractivity contribution in [3.8, 4) is 0 Å². The third-order valence-electron chi connectivity index (χ3n) is 1.53. The molecule has 7 heteroatoms. The molecule has 0 aliphatic rings. The van der Waals surface area contributed by atoms with Crippen LogP contribution in [0.5, 0.6) is 0 Å². The summed E-state index contributed by atoms with van der Waals surface area (Å²) in [5.41, 5.74) is -0.349. The van der Waals surface area contributed by atoms with Crippen LogP contribution in [-0.2, 0) is 4.74 Å². The number of ether oxygens (including phenoxy) is 1. The fourth-order valence-electron chi connectivity index (χ4n) is 1.03. The van der Waals surface area contributed by atoms with Crippen molar-refractivity contribution in [2.75, 3.05) is 5.32 Å². The van der Waals surface area contributed by atoms with Gasteiger partial charge in [-0.3, -0.25) is 5.32 Å². The smallest absolute Gasteiger partial charge is 0.412 e. The van der Waals surface area contributed by atoms with Crippen LogP contribution in [0.15, 0.2) is 6.07 Å². The molecule has 0 unspecified atom stereocenters. The summed E-state index contributed by atoms with van der Waals surface area (Å²) in [6.45, 7) is 5.21. The Bertz CT molecular complexity index is 450. The molecule has 0 saturated heterocycles. The average molecular weight is 369 g/mol. The number of nitrogens with one attached hydrogen (secondary N) is 1. The highest BCUT2D eigenvalue weighted by Gasteiger charge is 2.20. The molecular formula is C10H12INO4S. The van der Waals surface area contributed by atoms with Gasteiger partial charge in [0, 0.05) is 0 Å². The van der Waals surface area contributed by atoms with E-state index >= 15 is 0 Å². The second-order valence-corrected chi connectivity index (χ2v) is 7.17. The van der Waals surface area contributed by atoms with Crippen molar-refractivity contribution in [2.24, 2.45) is 0 Å². The fraction of sp³-hybridized carbons (Fsp3) is 0.400. The Morgan fingerprint density at radius 2 is 2.06 bits per heavy atom. The Kier molecular flexibility index (Phi) is 4.36. The van der Waals surface area contributed by atoms with Crippen LogP contribution in [0.1, 0.15) is 30.4 Å². The molecule has 1 amide bonds. The van der Waals surface area contributed by atoms with E-state index in [2.05, 4.69) is 5.32 Å². The highest BCUT2D eigenvalue weighted by molar-refractivity contribution is 14.1. The van der Waals surface area contributed by atoms with E-state index in [1.165, 1.54) is 0 Å². The molecule has 0 bridgehead atoms. The maximum absolute atomic E-state index is 11.5. The molecule has 94 valence electrons. The Morgan fingerprint density at radius 1 is 1.47 bits per heavy atom. The van der Waals surface area contributed by atoms with Gasteiger partial charge in [-0.25, -0.2) is 9.59 Å². The third-order valence-corrected chi connectivity index (χ3v) is 3.42. The molecule has 17 heavy (non-hydrogen) atoms. The predicted octanol–water partition coefficient (Wildman–Crippen LogP) is 3.40. The average Bonchev–Trinajstić information content (AvgIpc) is 2.42. The van der Waals surface area contributed by atoms with E-state index in [0.717, 1.165) is 14.2 Å². The molecule has 2 N–H and O–H groups in total. The molecule has 1 rings (SSSR count). The lowest BCUT2D eigenvalue weighted by Gasteiger charge is -2.19. The van der Waals surface area contributed by atoms with Crippen LogP contribution in [0.3, 0.4) is 0 Å². The molecule has 0 fully saturated rings. The van der Waals surface area contributed by atoms with Crippen LogP contribution >= 0.6 is 33.9 Å². The largest absolute Gasteiger partial charge is 0.477 e. The summed E-state index contributed by atoms with van der Waals surface area (Å²) in [7, 11) is 0. The number of carbonyl (C=O) groups is 2. The second kappa shape index (κ2) is 5.21. The Labute approximate surface area is 116 Å². The van der Waals surface area contributed by atoms with Crippen molar-refractivity contribution in [1.29, 1.82) is 0 Å². The Morgan fingerprint density at radius 3 is 2.53 bits per heavy atom. The van der Waals surface area contributed by atoms with Gasteiger partial charge in [0.05, 0.1) is 8.57 Å². The predicted molar refractivity (Wildman–Crippen MR) is 73.9 cm³/mol. The van der Waals surface area contributed by atoms with Crippen LogP contribution in [0, 0.1) is 2.88 Å². The van der Waals surface area contributed by atoms with Gasteiger partial charge in [0.25, 0.3) is 0 Å². The number of aromatic carboxylic acids is 1. The SMILES string of the molecule is CC(C)(C)OC(=O)Nc1cc(I)sc1C(=O)O. The van der Waals surface area contributed by atoms with Crippen molar-refractivity contribution in [1.82, 2.24) is 0 Å². The molecule has 0 saturated carbocycles. The quantitative estimate of drug-likeness (QED) is 0.784. The summed E-state index contributed by atoms with van der Waals surface area (Å²) < 4.78 is 5.83. The van der Waals surface area contributed by atoms with Gasteiger partial charge in [0.15, 0.2) is 0 Å². The van der Waals surface area contributed by atoms with Crippen molar-refractivity contribution in [3.63, 3.8) is 0 Å². The van der Waals surface area contributed by atoms with Crippen LogP contribution in [0.2, 0.25) is 0 Å². The second-order valence-electron chi connectivity index (χ2n) is 4.23. The van der Waals surface area contributed by atoms with Gasteiger partial charge in [-0.2, -0.15) is 0 Å². The molecule has 1 heterocycles. The number of anilines is 1. The molecule has 0 aromatic carbocycles. The zero-order chi connectivity index (χ0) is 13.2. The van der Waals surface area contributed by atoms with Crippen LogP contribution in [0.25, 0.3) is 0 Å². The third kappa shape index (κ3) is 4.50. The molecule has 1 aromatic heterocycles. The van der Waals surface area contributed by atoms with Crippen molar-refractivity contribution in [3.05, 3.63) is 13.8 Å². The van der Waals surface area contributed by atoms with Crippen molar-refractivity contribution >= 4 is 51.7 Å². The van der Waals surface area contributed by atoms with Crippen LogP contribution in [-0.4, -0.2) is 22.8 Å². The first-order chi connectivity index (χ1) is 7.69. The number of amides is 1. The summed E-state index contributed by atoms with van der Waals surface area (Å²) in [5, 5.41) is 11.4. The maximum Gasteiger partial charge on any atom is 0.412 e. The molecule has 1 aromatic rings. The zero-order valence-electron chi connectivity index (χ0n) is 9.54. The summed E-state index contributed by atoms with van der Waals surface area (Å²) in [6.07, 6.45) is -0.658. The minimum Gasteiger partial charge on any atom is -0.477 e. The first kappa shape index (κ1) is 14.2. The molecule has 5 nitrogen and oxygen atoms in total. The van der Waals surface area contributed by atoms with E-state index in [9.17, 15) is 9.59 Å². The molecule has 0 aliphatic carbocycles. The number of carboxylic acids is 1. The lowest BCUT2D eigenvalue weighted by Crippen LogP contribution is -2.27. The molecule has 0 aliphatic heterocycles. The van der Waals surface area contributed by atoms with E-state index in [1.54, 1.807) is 26.8 Å². The standard InChI is InChI=1S/C10H12INO4S/c1-10(2,3)16-9(15)12-5-4-6(11)17-7(5)8(13)14/h4H,1-3H3,(H,12,15)(H,13,14). The molecule has 0 spiro atoms. The van der Waals surface area contributed by atoms with Gasteiger partial charge < -0.3 is 9.84 Å². The van der Waals surface area contributed by atoms with Crippen molar-refractivity contribution < 1.29 is 19.4 Å². The lowest BCUT2D eigenvalue weighted by molar-refractivity contribution is 0.0636. The number of rotatable bonds is 2. The van der Waals surface area contributed by atoms with E-state index in [1.807, 2.05) is 22.6 Å². The van der Waals surface area contributed by atoms with E-state index < -0.39 is 17.7 Å². The highest BCUT2D eigenvalue weighted by atomic mass is 127. The van der Waals surface area contributed by atoms with Gasteiger partial charge in [0.2, 0.25) is 0 Å². The van der Waals surface area contributed by atoms with E-state index in [0.29, 0.717) is 0 Å². The normalized spacial score (nSPS) is 11.1.